The molecule has 0 bridgehead atoms. The van der Waals surface area contributed by atoms with E-state index in [0.717, 1.165) is 9.86 Å². The number of carbonyl (C=O) groups is 2. The number of halogens is 1. The van der Waals surface area contributed by atoms with Gasteiger partial charge in [-0.2, -0.15) is 0 Å². The fourth-order valence-electron chi connectivity index (χ4n) is 1.77. The molecule has 0 amide bonds. The summed E-state index contributed by atoms with van der Waals surface area (Å²) in [5.74, 6) is 0.325. The Kier molecular flexibility index (Phi) is 3.60. The number of methoxy groups -OCH3 is 1. The Hall–Kier alpha value is -1.18. The van der Waals surface area contributed by atoms with E-state index in [2.05, 4.69) is 32.3 Å². The average Bonchev–Trinajstić information content (AvgIpc) is 2.27. The molecule has 0 atom stereocenters. The van der Waals surface area contributed by atoms with Gasteiger partial charge in [-0.05, 0) is 28.7 Å². The number of aldehydes is 1. The largest absolute Gasteiger partial charge is 0.469 e. The molecule has 17 heavy (non-hydrogen) atoms. The van der Waals surface area contributed by atoms with Crippen LogP contribution < -0.4 is 4.90 Å². The molecule has 0 unspecified atom stereocenters. The minimum atomic E-state index is -0.209. The SMILES string of the molecule is COC(=O)C1CN(c2nccc(I)c2C=O)C1. The van der Waals surface area contributed by atoms with Crippen LogP contribution in [-0.4, -0.2) is 37.4 Å². The molecule has 6 heteroatoms. The summed E-state index contributed by atoms with van der Waals surface area (Å²) < 4.78 is 5.53. The van der Waals surface area contributed by atoms with Crippen molar-refractivity contribution in [2.75, 3.05) is 25.1 Å². The number of ether oxygens (including phenoxy) is 1. The van der Waals surface area contributed by atoms with Crippen LogP contribution in [0.1, 0.15) is 10.4 Å². The fraction of sp³-hybridized carbons (Fsp3) is 0.364. The normalized spacial score (nSPS) is 15.3. The minimum absolute atomic E-state index is 0.112. The van der Waals surface area contributed by atoms with Crippen molar-refractivity contribution in [3.63, 3.8) is 0 Å². The highest BCUT2D eigenvalue weighted by molar-refractivity contribution is 14.1. The first-order chi connectivity index (χ1) is 8.17. The highest BCUT2D eigenvalue weighted by Gasteiger charge is 2.35. The topological polar surface area (TPSA) is 59.5 Å². The summed E-state index contributed by atoms with van der Waals surface area (Å²) in [4.78, 5) is 28.4. The van der Waals surface area contributed by atoms with Gasteiger partial charge in [0.15, 0.2) is 6.29 Å². The van der Waals surface area contributed by atoms with Crippen LogP contribution in [0.3, 0.4) is 0 Å². The van der Waals surface area contributed by atoms with E-state index in [9.17, 15) is 9.59 Å². The maximum atomic E-state index is 11.3. The van der Waals surface area contributed by atoms with E-state index in [1.54, 1.807) is 12.3 Å². The van der Waals surface area contributed by atoms with Gasteiger partial charge in [0.2, 0.25) is 0 Å². The van der Waals surface area contributed by atoms with Crippen molar-refractivity contribution in [1.82, 2.24) is 4.98 Å². The Morgan fingerprint density at radius 2 is 2.35 bits per heavy atom. The molecule has 90 valence electrons. The van der Waals surface area contributed by atoms with E-state index >= 15 is 0 Å². The Balaban J connectivity index is 2.14. The molecule has 5 nitrogen and oxygen atoms in total. The number of pyridine rings is 1. The van der Waals surface area contributed by atoms with Crippen LogP contribution in [0.4, 0.5) is 5.82 Å². The lowest BCUT2D eigenvalue weighted by Gasteiger charge is -2.38. The van der Waals surface area contributed by atoms with Gasteiger partial charge in [-0.1, -0.05) is 0 Å². The second-order valence-corrected chi connectivity index (χ2v) is 4.94. The van der Waals surface area contributed by atoms with E-state index in [1.165, 1.54) is 7.11 Å². The zero-order valence-corrected chi connectivity index (χ0v) is 11.4. The molecule has 1 aliphatic heterocycles. The molecular weight excluding hydrogens is 335 g/mol. The standard InChI is InChI=1S/C11H11IN2O3/c1-17-11(16)7-4-14(5-7)10-8(6-15)9(12)2-3-13-10/h2-3,6-7H,4-5H2,1H3. The van der Waals surface area contributed by atoms with Gasteiger partial charge in [0.05, 0.1) is 18.6 Å². The Bertz CT molecular complexity index is 458. The fourth-order valence-corrected chi connectivity index (χ4v) is 2.30. The van der Waals surface area contributed by atoms with Crippen molar-refractivity contribution in [1.29, 1.82) is 0 Å². The van der Waals surface area contributed by atoms with Gasteiger partial charge in [-0.25, -0.2) is 4.98 Å². The number of anilines is 1. The van der Waals surface area contributed by atoms with Crippen LogP contribution >= 0.6 is 22.6 Å². The van der Waals surface area contributed by atoms with Crippen LogP contribution in [0.5, 0.6) is 0 Å². The zero-order chi connectivity index (χ0) is 12.4. The Morgan fingerprint density at radius 3 is 2.94 bits per heavy atom. The van der Waals surface area contributed by atoms with Gasteiger partial charge in [0, 0.05) is 22.9 Å². The number of hydrogen-bond donors (Lipinski definition) is 0. The summed E-state index contributed by atoms with van der Waals surface area (Å²) in [5.41, 5.74) is 0.580. The van der Waals surface area contributed by atoms with Crippen LogP contribution in [0.2, 0.25) is 0 Å². The molecule has 0 spiro atoms. The van der Waals surface area contributed by atoms with Gasteiger partial charge in [0.25, 0.3) is 0 Å². The summed E-state index contributed by atoms with van der Waals surface area (Å²) in [6, 6.07) is 1.78. The first-order valence-corrected chi connectivity index (χ1v) is 6.17. The smallest absolute Gasteiger partial charge is 0.312 e. The zero-order valence-electron chi connectivity index (χ0n) is 9.22. The molecule has 2 rings (SSSR count). The molecule has 0 N–H and O–H groups in total. The molecule has 1 saturated heterocycles. The molecule has 0 radical (unpaired) electrons. The van der Waals surface area contributed by atoms with Crippen LogP contribution in [0, 0.1) is 9.49 Å². The summed E-state index contributed by atoms with van der Waals surface area (Å²) in [7, 11) is 1.38. The molecule has 1 aliphatic rings. The maximum Gasteiger partial charge on any atom is 0.312 e. The lowest BCUT2D eigenvalue weighted by atomic mass is 10.00. The molecule has 1 aromatic heterocycles. The number of rotatable bonds is 3. The van der Waals surface area contributed by atoms with Crippen LogP contribution in [0.15, 0.2) is 12.3 Å². The first-order valence-electron chi connectivity index (χ1n) is 5.09. The van der Waals surface area contributed by atoms with Gasteiger partial charge in [-0.3, -0.25) is 9.59 Å². The highest BCUT2D eigenvalue weighted by Crippen LogP contribution is 2.27. The summed E-state index contributed by atoms with van der Waals surface area (Å²) in [6.45, 7) is 1.11. The number of nitrogens with zero attached hydrogens (tertiary/aromatic N) is 2. The van der Waals surface area contributed by atoms with E-state index < -0.39 is 0 Å². The van der Waals surface area contributed by atoms with Gasteiger partial charge in [0.1, 0.15) is 5.82 Å². The van der Waals surface area contributed by atoms with E-state index in [0.29, 0.717) is 24.5 Å². The quantitative estimate of drug-likeness (QED) is 0.466. The van der Waals surface area contributed by atoms with E-state index in [-0.39, 0.29) is 11.9 Å². The van der Waals surface area contributed by atoms with E-state index in [4.69, 9.17) is 0 Å². The van der Waals surface area contributed by atoms with Gasteiger partial charge < -0.3 is 9.64 Å². The monoisotopic (exact) mass is 346 g/mol. The van der Waals surface area contributed by atoms with Gasteiger partial charge >= 0.3 is 5.97 Å². The number of hydrogen-bond acceptors (Lipinski definition) is 5. The predicted molar refractivity (Wildman–Crippen MR) is 70.1 cm³/mol. The summed E-state index contributed by atoms with van der Waals surface area (Å²) in [5, 5.41) is 0. The summed E-state index contributed by atoms with van der Waals surface area (Å²) >= 11 is 2.10. The molecule has 0 saturated carbocycles. The van der Waals surface area contributed by atoms with Crippen molar-refractivity contribution in [2.45, 2.75) is 0 Å². The Labute approximate surface area is 112 Å². The molecule has 1 aromatic rings. The molecule has 0 aliphatic carbocycles. The third-order valence-corrected chi connectivity index (χ3v) is 3.69. The summed E-state index contributed by atoms with van der Waals surface area (Å²) in [6.07, 6.45) is 2.46. The van der Waals surface area contributed by atoms with Crippen molar-refractivity contribution >= 4 is 40.7 Å². The minimum Gasteiger partial charge on any atom is -0.469 e. The number of esters is 1. The number of carbonyl (C=O) groups excluding carboxylic acids is 2. The first kappa shape index (κ1) is 12.3. The van der Waals surface area contributed by atoms with Crippen molar-refractivity contribution in [2.24, 2.45) is 5.92 Å². The maximum absolute atomic E-state index is 11.3. The molecule has 0 aromatic carbocycles. The predicted octanol–water partition coefficient (Wildman–Crippen LogP) is 1.11. The van der Waals surface area contributed by atoms with Crippen molar-refractivity contribution in [3.05, 3.63) is 21.4 Å². The molecular formula is C11H11IN2O3. The second-order valence-electron chi connectivity index (χ2n) is 3.77. The van der Waals surface area contributed by atoms with Crippen LogP contribution in [-0.2, 0) is 9.53 Å². The molecule has 1 fully saturated rings. The van der Waals surface area contributed by atoms with Crippen molar-refractivity contribution in [3.8, 4) is 0 Å². The van der Waals surface area contributed by atoms with Gasteiger partial charge in [-0.15, -0.1) is 0 Å². The number of aromatic nitrogens is 1. The third kappa shape index (κ3) is 2.26. The average molecular weight is 346 g/mol. The van der Waals surface area contributed by atoms with Crippen LogP contribution in [0.25, 0.3) is 0 Å². The Morgan fingerprint density at radius 1 is 1.65 bits per heavy atom. The molecule has 2 heterocycles. The van der Waals surface area contributed by atoms with Crippen molar-refractivity contribution < 1.29 is 14.3 Å². The lowest BCUT2D eigenvalue weighted by Crippen LogP contribution is -2.51. The lowest BCUT2D eigenvalue weighted by molar-refractivity contribution is -0.146. The second kappa shape index (κ2) is 4.99. The highest BCUT2D eigenvalue weighted by atomic mass is 127. The van der Waals surface area contributed by atoms with E-state index in [1.807, 2.05) is 4.90 Å². The third-order valence-electron chi connectivity index (χ3n) is 2.75.